The maximum Gasteiger partial charge on any atom is 0.172 e. The molecule has 0 saturated carbocycles. The van der Waals surface area contributed by atoms with Crippen LogP contribution in [0.1, 0.15) is 42.6 Å². The number of aryl methyl sites for hydroxylation is 1. The van der Waals surface area contributed by atoms with E-state index in [4.69, 9.17) is 0 Å². The van der Waals surface area contributed by atoms with Crippen LogP contribution in [0.3, 0.4) is 0 Å². The van der Waals surface area contributed by atoms with Gasteiger partial charge in [-0.05, 0) is 24.2 Å². The van der Waals surface area contributed by atoms with E-state index < -0.39 is 0 Å². The standard InChI is InChI=1S/C14H20OS/c1-3-5-12-6-8-13(9-7-12)14(15)11-16-10-4-2/h6-9H,3-5,10-11H2,1-2H3. The number of carbonyl (C=O) groups is 1. The van der Waals surface area contributed by atoms with Crippen LogP contribution in [0, 0.1) is 0 Å². The van der Waals surface area contributed by atoms with Crippen molar-refractivity contribution in [2.24, 2.45) is 0 Å². The molecule has 1 aromatic rings. The lowest BCUT2D eigenvalue weighted by Crippen LogP contribution is -2.03. The molecule has 0 saturated heterocycles. The number of thioether (sulfide) groups is 1. The highest BCUT2D eigenvalue weighted by Gasteiger charge is 2.05. The van der Waals surface area contributed by atoms with Gasteiger partial charge in [0.05, 0.1) is 5.75 Å². The van der Waals surface area contributed by atoms with E-state index in [1.54, 1.807) is 11.8 Å². The van der Waals surface area contributed by atoms with Crippen LogP contribution in [0.5, 0.6) is 0 Å². The van der Waals surface area contributed by atoms with Crippen LogP contribution in [0.4, 0.5) is 0 Å². The van der Waals surface area contributed by atoms with Crippen molar-refractivity contribution in [1.82, 2.24) is 0 Å². The lowest BCUT2D eigenvalue weighted by atomic mass is 10.1. The molecule has 0 N–H and O–H groups in total. The second kappa shape index (κ2) is 7.50. The highest BCUT2D eigenvalue weighted by Crippen LogP contribution is 2.11. The molecule has 0 spiro atoms. The van der Waals surface area contributed by atoms with E-state index in [1.165, 1.54) is 5.56 Å². The average molecular weight is 236 g/mol. The Morgan fingerprint density at radius 2 is 1.81 bits per heavy atom. The summed E-state index contributed by atoms with van der Waals surface area (Å²) in [6.07, 6.45) is 3.38. The molecule has 1 rings (SSSR count). The van der Waals surface area contributed by atoms with Crippen molar-refractivity contribution in [3.05, 3.63) is 35.4 Å². The number of benzene rings is 1. The van der Waals surface area contributed by atoms with E-state index in [9.17, 15) is 4.79 Å². The third kappa shape index (κ3) is 4.40. The zero-order valence-electron chi connectivity index (χ0n) is 10.2. The highest BCUT2D eigenvalue weighted by molar-refractivity contribution is 7.99. The van der Waals surface area contributed by atoms with E-state index in [0.29, 0.717) is 5.75 Å². The van der Waals surface area contributed by atoms with Crippen LogP contribution in [0.25, 0.3) is 0 Å². The van der Waals surface area contributed by atoms with Gasteiger partial charge < -0.3 is 0 Å². The van der Waals surface area contributed by atoms with Crippen molar-refractivity contribution in [1.29, 1.82) is 0 Å². The zero-order chi connectivity index (χ0) is 11.8. The van der Waals surface area contributed by atoms with E-state index in [1.807, 2.05) is 12.1 Å². The van der Waals surface area contributed by atoms with E-state index >= 15 is 0 Å². The van der Waals surface area contributed by atoms with Gasteiger partial charge in [0.1, 0.15) is 0 Å². The minimum Gasteiger partial charge on any atom is -0.293 e. The molecule has 16 heavy (non-hydrogen) atoms. The lowest BCUT2D eigenvalue weighted by molar-refractivity contribution is 0.102. The molecule has 0 aromatic heterocycles. The van der Waals surface area contributed by atoms with Gasteiger partial charge in [0.25, 0.3) is 0 Å². The predicted octanol–water partition coefficient (Wildman–Crippen LogP) is 3.97. The molecule has 0 heterocycles. The molecule has 0 aliphatic heterocycles. The Bertz CT molecular complexity index is 316. The molecule has 1 aromatic carbocycles. The van der Waals surface area contributed by atoms with Gasteiger partial charge in [0.15, 0.2) is 5.78 Å². The Morgan fingerprint density at radius 1 is 1.12 bits per heavy atom. The largest absolute Gasteiger partial charge is 0.293 e. The first kappa shape index (κ1) is 13.3. The summed E-state index contributed by atoms with van der Waals surface area (Å²) >= 11 is 1.72. The van der Waals surface area contributed by atoms with Crippen molar-refractivity contribution >= 4 is 17.5 Å². The molecule has 0 aliphatic carbocycles. The van der Waals surface area contributed by atoms with Gasteiger partial charge in [-0.1, -0.05) is 44.5 Å². The average Bonchev–Trinajstić information content (AvgIpc) is 2.30. The van der Waals surface area contributed by atoms with Crippen LogP contribution in [-0.2, 0) is 6.42 Å². The Labute approximate surface area is 103 Å². The summed E-state index contributed by atoms with van der Waals surface area (Å²) in [5.74, 6) is 1.93. The van der Waals surface area contributed by atoms with Crippen molar-refractivity contribution in [3.63, 3.8) is 0 Å². The molecule has 0 unspecified atom stereocenters. The van der Waals surface area contributed by atoms with Crippen LogP contribution in [0.2, 0.25) is 0 Å². The van der Waals surface area contributed by atoms with Crippen molar-refractivity contribution < 1.29 is 4.79 Å². The first-order valence-corrected chi connectivity index (χ1v) is 7.13. The second-order valence-electron chi connectivity index (χ2n) is 3.92. The summed E-state index contributed by atoms with van der Waals surface area (Å²) in [7, 11) is 0. The van der Waals surface area contributed by atoms with Gasteiger partial charge >= 0.3 is 0 Å². The van der Waals surface area contributed by atoms with Crippen LogP contribution < -0.4 is 0 Å². The maximum absolute atomic E-state index is 11.8. The van der Waals surface area contributed by atoms with E-state index in [2.05, 4.69) is 26.0 Å². The van der Waals surface area contributed by atoms with Gasteiger partial charge in [0, 0.05) is 5.56 Å². The molecular formula is C14H20OS. The molecule has 2 heteroatoms. The fourth-order valence-corrected chi connectivity index (χ4v) is 2.32. The molecule has 0 bridgehead atoms. The van der Waals surface area contributed by atoms with Gasteiger partial charge in [-0.25, -0.2) is 0 Å². The third-order valence-corrected chi connectivity index (χ3v) is 3.56. The molecule has 0 atom stereocenters. The van der Waals surface area contributed by atoms with Gasteiger partial charge in [-0.2, -0.15) is 11.8 Å². The third-order valence-electron chi connectivity index (χ3n) is 2.40. The maximum atomic E-state index is 11.8. The monoisotopic (exact) mass is 236 g/mol. The molecule has 0 fully saturated rings. The summed E-state index contributed by atoms with van der Waals surface area (Å²) in [6.45, 7) is 4.30. The highest BCUT2D eigenvalue weighted by atomic mass is 32.2. The van der Waals surface area contributed by atoms with Crippen molar-refractivity contribution in [2.45, 2.75) is 33.1 Å². The molecule has 88 valence electrons. The predicted molar refractivity (Wildman–Crippen MR) is 72.4 cm³/mol. The molecule has 0 amide bonds. The van der Waals surface area contributed by atoms with Crippen LogP contribution in [0.15, 0.2) is 24.3 Å². The molecule has 1 nitrogen and oxygen atoms in total. The number of ketones is 1. The zero-order valence-corrected chi connectivity index (χ0v) is 11.0. The Hall–Kier alpha value is -0.760. The fraction of sp³-hybridized carbons (Fsp3) is 0.500. The lowest BCUT2D eigenvalue weighted by Gasteiger charge is -2.02. The number of hydrogen-bond donors (Lipinski definition) is 0. The summed E-state index contributed by atoms with van der Waals surface area (Å²) in [5.41, 5.74) is 2.17. The summed E-state index contributed by atoms with van der Waals surface area (Å²) in [5, 5.41) is 0. The topological polar surface area (TPSA) is 17.1 Å². The number of rotatable bonds is 7. The first-order valence-electron chi connectivity index (χ1n) is 5.97. The summed E-state index contributed by atoms with van der Waals surface area (Å²) in [4.78, 5) is 11.8. The number of hydrogen-bond acceptors (Lipinski definition) is 2. The Balaban J connectivity index is 2.49. The fourth-order valence-electron chi connectivity index (χ4n) is 1.54. The first-order chi connectivity index (χ1) is 7.77. The van der Waals surface area contributed by atoms with Gasteiger partial charge in [-0.15, -0.1) is 0 Å². The van der Waals surface area contributed by atoms with E-state index in [-0.39, 0.29) is 5.78 Å². The Morgan fingerprint density at radius 3 is 2.38 bits per heavy atom. The van der Waals surface area contributed by atoms with Gasteiger partial charge in [-0.3, -0.25) is 4.79 Å². The normalized spacial score (nSPS) is 10.4. The SMILES string of the molecule is CCCSCC(=O)c1ccc(CCC)cc1. The van der Waals surface area contributed by atoms with E-state index in [0.717, 1.165) is 30.6 Å². The minimum absolute atomic E-state index is 0.251. The number of Topliss-reactive ketones (excluding diaryl/α,β-unsaturated/α-hetero) is 1. The van der Waals surface area contributed by atoms with Crippen molar-refractivity contribution in [2.75, 3.05) is 11.5 Å². The summed E-state index contributed by atoms with van der Waals surface area (Å²) in [6, 6.07) is 8.06. The van der Waals surface area contributed by atoms with Crippen LogP contribution in [-0.4, -0.2) is 17.3 Å². The molecule has 0 radical (unpaired) electrons. The molecular weight excluding hydrogens is 216 g/mol. The smallest absolute Gasteiger partial charge is 0.172 e. The quantitative estimate of drug-likeness (QED) is 0.526. The molecule has 0 aliphatic rings. The number of carbonyl (C=O) groups excluding carboxylic acids is 1. The second-order valence-corrected chi connectivity index (χ2v) is 5.03. The van der Waals surface area contributed by atoms with Gasteiger partial charge in [0.2, 0.25) is 0 Å². The van der Waals surface area contributed by atoms with Crippen molar-refractivity contribution in [3.8, 4) is 0 Å². The summed E-state index contributed by atoms with van der Waals surface area (Å²) < 4.78 is 0. The Kier molecular flexibility index (Phi) is 6.24. The van der Waals surface area contributed by atoms with Crippen LogP contribution >= 0.6 is 11.8 Å². The minimum atomic E-state index is 0.251.